The molecule has 0 saturated carbocycles. The number of benzene rings is 3. The van der Waals surface area contributed by atoms with Gasteiger partial charge in [0.25, 0.3) is 0 Å². The van der Waals surface area contributed by atoms with E-state index in [2.05, 4.69) is 22.0 Å². The molecule has 1 amide bonds. The number of unbranched alkanes of at least 4 members (excludes halogenated alkanes) is 2. The molecule has 4 rings (SSSR count). The number of imidazole rings is 1. The number of halogens is 1. The van der Waals surface area contributed by atoms with E-state index in [1.165, 1.54) is 0 Å². The molecule has 0 radical (unpaired) electrons. The van der Waals surface area contributed by atoms with Crippen molar-refractivity contribution in [2.45, 2.75) is 45.6 Å². The number of hydrogen-bond donors (Lipinski definition) is 1. The van der Waals surface area contributed by atoms with E-state index >= 15 is 0 Å². The molecule has 1 aromatic heterocycles. The number of para-hydroxylation sites is 2. The Bertz CT molecular complexity index is 1250. The van der Waals surface area contributed by atoms with Crippen LogP contribution in [-0.4, -0.2) is 28.6 Å². The van der Waals surface area contributed by atoms with Gasteiger partial charge in [0.05, 0.1) is 24.0 Å². The summed E-state index contributed by atoms with van der Waals surface area (Å²) in [7, 11) is 0. The van der Waals surface area contributed by atoms with Crippen molar-refractivity contribution in [3.8, 4) is 5.75 Å². The lowest BCUT2D eigenvalue weighted by molar-refractivity contribution is -0.120. The fourth-order valence-corrected chi connectivity index (χ4v) is 4.33. The number of aryl methyl sites for hydroxylation is 2. The Morgan fingerprint density at radius 1 is 0.971 bits per heavy atom. The second-order valence-electron chi connectivity index (χ2n) is 8.73. The quantitative estimate of drug-likeness (QED) is 0.243. The Balaban J connectivity index is 1.23. The van der Waals surface area contributed by atoms with Crippen molar-refractivity contribution < 1.29 is 9.53 Å². The van der Waals surface area contributed by atoms with Gasteiger partial charge in [0.2, 0.25) is 5.91 Å². The molecule has 0 unspecified atom stereocenters. The van der Waals surface area contributed by atoms with Gasteiger partial charge in [0.15, 0.2) is 0 Å². The minimum atomic E-state index is 0.0850. The van der Waals surface area contributed by atoms with Gasteiger partial charge in [0, 0.05) is 18.0 Å². The first-order chi connectivity index (χ1) is 17.1. The third kappa shape index (κ3) is 7.09. The number of aromatic nitrogens is 2. The summed E-state index contributed by atoms with van der Waals surface area (Å²) < 4.78 is 8.18. The van der Waals surface area contributed by atoms with Gasteiger partial charge in [-0.2, -0.15) is 0 Å². The number of ether oxygens (including phenoxy) is 1. The van der Waals surface area contributed by atoms with E-state index in [4.69, 9.17) is 21.3 Å². The second kappa shape index (κ2) is 12.4. The van der Waals surface area contributed by atoms with Crippen LogP contribution in [0, 0.1) is 6.92 Å². The maximum atomic E-state index is 12.2. The van der Waals surface area contributed by atoms with E-state index in [0.717, 1.165) is 66.0 Å². The summed E-state index contributed by atoms with van der Waals surface area (Å²) in [5.74, 6) is 1.97. The fraction of sp³-hybridized carbons (Fsp3) is 0.310. The molecule has 0 atom stereocenters. The molecule has 0 bridgehead atoms. The van der Waals surface area contributed by atoms with E-state index in [1.54, 1.807) is 0 Å². The molecule has 35 heavy (non-hydrogen) atoms. The molecule has 0 spiro atoms. The summed E-state index contributed by atoms with van der Waals surface area (Å²) >= 11 is 5.96. The Labute approximate surface area is 212 Å². The van der Waals surface area contributed by atoms with Gasteiger partial charge in [-0.1, -0.05) is 54.4 Å². The minimum absolute atomic E-state index is 0.0850. The highest BCUT2D eigenvalue weighted by molar-refractivity contribution is 6.30. The van der Waals surface area contributed by atoms with Crippen LogP contribution in [0.5, 0.6) is 5.75 Å². The van der Waals surface area contributed by atoms with E-state index in [-0.39, 0.29) is 5.91 Å². The first kappa shape index (κ1) is 24.8. The largest absolute Gasteiger partial charge is 0.492 e. The number of nitrogens with one attached hydrogen (secondary N) is 1. The summed E-state index contributed by atoms with van der Waals surface area (Å²) in [5.41, 5.74) is 4.39. The van der Waals surface area contributed by atoms with Crippen molar-refractivity contribution in [2.75, 3.05) is 13.2 Å². The Hall–Kier alpha value is -3.31. The molecule has 1 N–H and O–H groups in total. The molecule has 0 aliphatic rings. The van der Waals surface area contributed by atoms with Crippen LogP contribution in [-0.2, 0) is 24.2 Å². The predicted molar refractivity (Wildman–Crippen MR) is 142 cm³/mol. The van der Waals surface area contributed by atoms with Crippen LogP contribution < -0.4 is 10.1 Å². The van der Waals surface area contributed by atoms with E-state index in [0.29, 0.717) is 24.6 Å². The van der Waals surface area contributed by atoms with Crippen LogP contribution in [0.2, 0.25) is 5.02 Å². The number of carbonyl (C=O) groups is 1. The Morgan fingerprint density at radius 2 is 1.74 bits per heavy atom. The zero-order chi connectivity index (χ0) is 24.5. The predicted octanol–water partition coefficient (Wildman–Crippen LogP) is 6.15. The minimum Gasteiger partial charge on any atom is -0.492 e. The molecule has 0 aliphatic carbocycles. The third-order valence-corrected chi connectivity index (χ3v) is 6.39. The summed E-state index contributed by atoms with van der Waals surface area (Å²) in [6, 6.07) is 23.7. The van der Waals surface area contributed by atoms with E-state index in [1.807, 2.05) is 67.6 Å². The molecular formula is C29H32ClN3O2. The molecule has 1 heterocycles. The Morgan fingerprint density at radius 3 is 2.57 bits per heavy atom. The first-order valence-electron chi connectivity index (χ1n) is 12.2. The highest BCUT2D eigenvalue weighted by atomic mass is 35.5. The van der Waals surface area contributed by atoms with Crippen LogP contribution in [0.25, 0.3) is 11.0 Å². The number of fused-ring (bicyclic) bond motifs is 1. The van der Waals surface area contributed by atoms with Crippen molar-refractivity contribution in [3.05, 3.63) is 94.8 Å². The van der Waals surface area contributed by atoms with Crippen molar-refractivity contribution in [1.82, 2.24) is 14.9 Å². The molecular weight excluding hydrogens is 458 g/mol. The monoisotopic (exact) mass is 489 g/mol. The average Bonchev–Trinajstić information content (AvgIpc) is 3.21. The zero-order valence-electron chi connectivity index (χ0n) is 20.2. The highest BCUT2D eigenvalue weighted by Crippen LogP contribution is 2.19. The number of nitrogens with zero attached hydrogens (tertiary/aromatic N) is 2. The van der Waals surface area contributed by atoms with Crippen LogP contribution >= 0.6 is 11.6 Å². The topological polar surface area (TPSA) is 56.2 Å². The summed E-state index contributed by atoms with van der Waals surface area (Å²) in [6.45, 7) is 4.03. The maximum absolute atomic E-state index is 12.2. The number of rotatable bonds is 12. The average molecular weight is 490 g/mol. The van der Waals surface area contributed by atoms with Gasteiger partial charge >= 0.3 is 0 Å². The van der Waals surface area contributed by atoms with Crippen molar-refractivity contribution in [3.63, 3.8) is 0 Å². The summed E-state index contributed by atoms with van der Waals surface area (Å²) in [6.07, 6.45) is 4.35. The van der Waals surface area contributed by atoms with Gasteiger partial charge in [-0.25, -0.2) is 4.98 Å². The summed E-state index contributed by atoms with van der Waals surface area (Å²) in [4.78, 5) is 17.1. The molecule has 4 aromatic rings. The van der Waals surface area contributed by atoms with Gasteiger partial charge in [0.1, 0.15) is 18.2 Å². The third-order valence-electron chi connectivity index (χ3n) is 6.14. The lowest BCUT2D eigenvalue weighted by atomic mass is 10.1. The van der Waals surface area contributed by atoms with Crippen LogP contribution in [0.4, 0.5) is 0 Å². The Kier molecular flexibility index (Phi) is 8.79. The first-order valence-corrected chi connectivity index (χ1v) is 12.6. The molecule has 0 fully saturated rings. The second-order valence-corrected chi connectivity index (χ2v) is 9.17. The van der Waals surface area contributed by atoms with Gasteiger partial charge < -0.3 is 14.6 Å². The summed E-state index contributed by atoms with van der Waals surface area (Å²) in [5, 5.41) is 3.75. The van der Waals surface area contributed by atoms with Crippen molar-refractivity contribution >= 4 is 28.5 Å². The van der Waals surface area contributed by atoms with Crippen LogP contribution in [0.15, 0.2) is 72.8 Å². The SMILES string of the molecule is Cc1ccccc1CC(=O)NCCCCCc1nc2ccccc2n1CCOc1ccc(Cl)cc1. The lowest BCUT2D eigenvalue weighted by Gasteiger charge is -2.11. The lowest BCUT2D eigenvalue weighted by Crippen LogP contribution is -2.26. The standard InChI is InChI=1S/C29H32ClN3O2/c1-22-9-4-5-10-23(22)21-29(34)31-18-8-2-3-13-28-32-26-11-6-7-12-27(26)33(28)19-20-35-25-16-14-24(30)15-17-25/h4-7,9-12,14-17H,2-3,8,13,18-21H2,1H3,(H,31,34). The van der Waals surface area contributed by atoms with E-state index in [9.17, 15) is 4.79 Å². The van der Waals surface area contributed by atoms with Crippen LogP contribution in [0.3, 0.4) is 0 Å². The fourth-order valence-electron chi connectivity index (χ4n) is 4.21. The maximum Gasteiger partial charge on any atom is 0.224 e. The molecule has 3 aromatic carbocycles. The van der Waals surface area contributed by atoms with Crippen molar-refractivity contribution in [2.24, 2.45) is 0 Å². The molecule has 0 aliphatic heterocycles. The normalized spacial score (nSPS) is 11.0. The number of carbonyl (C=O) groups excluding carboxylic acids is 1. The smallest absolute Gasteiger partial charge is 0.224 e. The molecule has 5 nitrogen and oxygen atoms in total. The highest BCUT2D eigenvalue weighted by Gasteiger charge is 2.11. The van der Waals surface area contributed by atoms with Crippen LogP contribution in [0.1, 0.15) is 36.2 Å². The van der Waals surface area contributed by atoms with Gasteiger partial charge in [-0.3, -0.25) is 4.79 Å². The zero-order valence-corrected chi connectivity index (χ0v) is 20.9. The van der Waals surface area contributed by atoms with Gasteiger partial charge in [-0.05, 0) is 67.3 Å². The molecule has 182 valence electrons. The number of hydrogen-bond acceptors (Lipinski definition) is 3. The van der Waals surface area contributed by atoms with Gasteiger partial charge in [-0.15, -0.1) is 0 Å². The molecule has 0 saturated heterocycles. The number of amides is 1. The van der Waals surface area contributed by atoms with Crippen molar-refractivity contribution in [1.29, 1.82) is 0 Å². The molecule has 6 heteroatoms. The van der Waals surface area contributed by atoms with E-state index < -0.39 is 0 Å².